The van der Waals surface area contributed by atoms with Crippen LogP contribution in [0.3, 0.4) is 0 Å². The van der Waals surface area contributed by atoms with E-state index in [0.717, 1.165) is 30.6 Å². The van der Waals surface area contributed by atoms with Gasteiger partial charge in [0.2, 0.25) is 0 Å². The minimum absolute atomic E-state index is 0.391. The SMILES string of the molecule is COc1cc(O)c2c(c1)CCC2. The highest BCUT2D eigenvalue weighted by Gasteiger charge is 2.15. The summed E-state index contributed by atoms with van der Waals surface area (Å²) < 4.78 is 5.06. The van der Waals surface area contributed by atoms with Crippen LogP contribution in [-0.2, 0) is 12.8 Å². The quantitative estimate of drug-likeness (QED) is 0.686. The van der Waals surface area contributed by atoms with E-state index in [0.29, 0.717) is 5.75 Å². The Morgan fingerprint density at radius 2 is 2.17 bits per heavy atom. The highest BCUT2D eigenvalue weighted by atomic mass is 16.5. The maximum absolute atomic E-state index is 9.56. The van der Waals surface area contributed by atoms with Crippen LogP contribution in [0.4, 0.5) is 0 Å². The molecule has 0 atom stereocenters. The van der Waals surface area contributed by atoms with Crippen LogP contribution in [-0.4, -0.2) is 12.2 Å². The van der Waals surface area contributed by atoms with Crippen LogP contribution in [0.25, 0.3) is 0 Å². The maximum Gasteiger partial charge on any atom is 0.122 e. The van der Waals surface area contributed by atoms with Gasteiger partial charge in [-0.05, 0) is 36.5 Å². The average molecular weight is 164 g/mol. The van der Waals surface area contributed by atoms with Gasteiger partial charge in [0.1, 0.15) is 11.5 Å². The summed E-state index contributed by atoms with van der Waals surface area (Å²) in [6, 6.07) is 3.70. The fourth-order valence-electron chi connectivity index (χ4n) is 1.77. The fourth-order valence-corrected chi connectivity index (χ4v) is 1.77. The first kappa shape index (κ1) is 7.47. The second kappa shape index (κ2) is 2.70. The third kappa shape index (κ3) is 1.04. The molecule has 1 aliphatic rings. The Kier molecular flexibility index (Phi) is 1.68. The van der Waals surface area contributed by atoms with Crippen molar-refractivity contribution >= 4 is 0 Å². The molecule has 0 aromatic heterocycles. The van der Waals surface area contributed by atoms with Gasteiger partial charge in [-0.2, -0.15) is 0 Å². The van der Waals surface area contributed by atoms with Crippen LogP contribution in [0.1, 0.15) is 17.5 Å². The van der Waals surface area contributed by atoms with E-state index in [1.54, 1.807) is 13.2 Å². The Labute approximate surface area is 71.8 Å². The van der Waals surface area contributed by atoms with Crippen molar-refractivity contribution in [3.05, 3.63) is 23.3 Å². The second-order valence-electron chi connectivity index (χ2n) is 3.14. The van der Waals surface area contributed by atoms with Gasteiger partial charge >= 0.3 is 0 Å². The lowest BCUT2D eigenvalue weighted by atomic mass is 10.1. The number of phenolic OH excluding ortho intramolecular Hbond substituents is 1. The molecule has 0 spiro atoms. The summed E-state index contributed by atoms with van der Waals surface area (Å²) in [4.78, 5) is 0. The Hall–Kier alpha value is -1.18. The molecule has 0 saturated carbocycles. The topological polar surface area (TPSA) is 29.5 Å². The average Bonchev–Trinajstić information content (AvgIpc) is 2.52. The van der Waals surface area contributed by atoms with Gasteiger partial charge < -0.3 is 9.84 Å². The van der Waals surface area contributed by atoms with Gasteiger partial charge in [-0.25, -0.2) is 0 Å². The number of fused-ring (bicyclic) bond motifs is 1. The Morgan fingerprint density at radius 1 is 1.33 bits per heavy atom. The first-order valence-electron chi connectivity index (χ1n) is 4.20. The van der Waals surface area contributed by atoms with Gasteiger partial charge in [0.15, 0.2) is 0 Å². The molecule has 2 nitrogen and oxygen atoms in total. The molecule has 0 radical (unpaired) electrons. The molecular formula is C10H12O2. The van der Waals surface area contributed by atoms with Gasteiger partial charge in [-0.1, -0.05) is 0 Å². The van der Waals surface area contributed by atoms with E-state index < -0.39 is 0 Å². The lowest BCUT2D eigenvalue weighted by molar-refractivity contribution is 0.406. The standard InChI is InChI=1S/C10H12O2/c1-12-8-5-7-3-2-4-9(7)10(11)6-8/h5-6,11H,2-4H2,1H3. The Morgan fingerprint density at radius 3 is 2.92 bits per heavy atom. The Balaban J connectivity index is 2.51. The molecule has 0 saturated heterocycles. The van der Waals surface area contributed by atoms with Crippen molar-refractivity contribution in [1.29, 1.82) is 0 Å². The third-order valence-electron chi connectivity index (χ3n) is 2.40. The number of phenols is 1. The number of aromatic hydroxyl groups is 1. The lowest BCUT2D eigenvalue weighted by Gasteiger charge is -2.05. The second-order valence-corrected chi connectivity index (χ2v) is 3.14. The van der Waals surface area contributed by atoms with Gasteiger partial charge in [0.25, 0.3) is 0 Å². The van der Waals surface area contributed by atoms with E-state index >= 15 is 0 Å². The maximum atomic E-state index is 9.56. The van der Waals surface area contributed by atoms with Crippen molar-refractivity contribution in [2.45, 2.75) is 19.3 Å². The van der Waals surface area contributed by atoms with E-state index in [-0.39, 0.29) is 0 Å². The molecule has 1 aliphatic carbocycles. The van der Waals surface area contributed by atoms with Crippen molar-refractivity contribution in [3.8, 4) is 11.5 Å². The predicted octanol–water partition coefficient (Wildman–Crippen LogP) is 1.89. The summed E-state index contributed by atoms with van der Waals surface area (Å²) in [6.45, 7) is 0. The normalized spacial score (nSPS) is 14.4. The minimum Gasteiger partial charge on any atom is -0.508 e. The molecule has 0 fully saturated rings. The molecular weight excluding hydrogens is 152 g/mol. The monoisotopic (exact) mass is 164 g/mol. The lowest BCUT2D eigenvalue weighted by Crippen LogP contribution is -1.87. The highest BCUT2D eigenvalue weighted by molar-refractivity contribution is 5.47. The van der Waals surface area contributed by atoms with Gasteiger partial charge in [-0.3, -0.25) is 0 Å². The number of methoxy groups -OCH3 is 1. The summed E-state index contributed by atoms with van der Waals surface area (Å²) in [5, 5.41) is 9.56. The summed E-state index contributed by atoms with van der Waals surface area (Å²) in [6.07, 6.45) is 3.22. The molecule has 1 aromatic carbocycles. The molecule has 0 unspecified atom stereocenters. The number of hydrogen-bond donors (Lipinski definition) is 1. The zero-order chi connectivity index (χ0) is 8.55. The molecule has 0 amide bonds. The molecule has 2 rings (SSSR count). The number of rotatable bonds is 1. The molecule has 1 aromatic rings. The predicted molar refractivity (Wildman–Crippen MR) is 46.7 cm³/mol. The number of hydrogen-bond acceptors (Lipinski definition) is 2. The smallest absolute Gasteiger partial charge is 0.122 e. The largest absolute Gasteiger partial charge is 0.508 e. The van der Waals surface area contributed by atoms with Crippen LogP contribution in [0.5, 0.6) is 11.5 Å². The van der Waals surface area contributed by atoms with Crippen LogP contribution in [0.2, 0.25) is 0 Å². The fraction of sp³-hybridized carbons (Fsp3) is 0.400. The molecule has 0 aliphatic heterocycles. The highest BCUT2D eigenvalue weighted by Crippen LogP contribution is 2.33. The third-order valence-corrected chi connectivity index (χ3v) is 2.40. The van der Waals surface area contributed by atoms with Crippen LogP contribution in [0, 0.1) is 0 Å². The van der Waals surface area contributed by atoms with E-state index in [1.807, 2.05) is 6.07 Å². The van der Waals surface area contributed by atoms with Crippen molar-refractivity contribution in [2.75, 3.05) is 7.11 Å². The zero-order valence-electron chi connectivity index (χ0n) is 7.13. The number of benzene rings is 1. The van der Waals surface area contributed by atoms with Crippen molar-refractivity contribution in [2.24, 2.45) is 0 Å². The van der Waals surface area contributed by atoms with Gasteiger partial charge in [0.05, 0.1) is 7.11 Å². The van der Waals surface area contributed by atoms with E-state index in [4.69, 9.17) is 4.74 Å². The van der Waals surface area contributed by atoms with Gasteiger partial charge in [-0.15, -0.1) is 0 Å². The van der Waals surface area contributed by atoms with E-state index in [2.05, 4.69) is 0 Å². The van der Waals surface area contributed by atoms with Crippen LogP contribution in [0.15, 0.2) is 12.1 Å². The van der Waals surface area contributed by atoms with Crippen molar-refractivity contribution in [3.63, 3.8) is 0 Å². The van der Waals surface area contributed by atoms with E-state index in [9.17, 15) is 5.11 Å². The summed E-state index contributed by atoms with van der Waals surface area (Å²) >= 11 is 0. The van der Waals surface area contributed by atoms with E-state index in [1.165, 1.54) is 5.56 Å². The number of aryl methyl sites for hydroxylation is 1. The molecule has 1 N–H and O–H groups in total. The summed E-state index contributed by atoms with van der Waals surface area (Å²) in [5.41, 5.74) is 2.35. The van der Waals surface area contributed by atoms with Crippen molar-refractivity contribution < 1.29 is 9.84 Å². The number of ether oxygens (including phenoxy) is 1. The van der Waals surface area contributed by atoms with Crippen LogP contribution < -0.4 is 4.74 Å². The Bertz CT molecular complexity index is 305. The molecule has 0 bridgehead atoms. The molecule has 12 heavy (non-hydrogen) atoms. The minimum atomic E-state index is 0.391. The molecule has 0 heterocycles. The summed E-state index contributed by atoms with van der Waals surface area (Å²) in [5.74, 6) is 1.15. The van der Waals surface area contributed by atoms with Gasteiger partial charge in [0, 0.05) is 6.07 Å². The first-order chi connectivity index (χ1) is 5.81. The zero-order valence-corrected chi connectivity index (χ0v) is 7.13. The van der Waals surface area contributed by atoms with Crippen molar-refractivity contribution in [1.82, 2.24) is 0 Å². The summed E-state index contributed by atoms with van der Waals surface area (Å²) in [7, 11) is 1.62. The molecule has 2 heteroatoms. The first-order valence-corrected chi connectivity index (χ1v) is 4.20. The van der Waals surface area contributed by atoms with Crippen LogP contribution >= 0.6 is 0 Å². The molecule has 64 valence electrons.